The molecule has 1 aliphatic rings. The number of hydrogen-bond donors (Lipinski definition) is 1. The highest BCUT2D eigenvalue weighted by Gasteiger charge is 1.96. The van der Waals surface area contributed by atoms with Crippen LogP contribution in [0.5, 0.6) is 0 Å². The van der Waals surface area contributed by atoms with Crippen LogP contribution in [0.4, 0.5) is 0 Å². The molecule has 1 heterocycles. The van der Waals surface area contributed by atoms with Gasteiger partial charge in [-0.15, -0.1) is 36.4 Å². The van der Waals surface area contributed by atoms with Crippen molar-refractivity contribution in [1.29, 1.82) is 0 Å². The van der Waals surface area contributed by atoms with Crippen molar-refractivity contribution in [3.63, 3.8) is 0 Å². The normalized spacial score (nSPS) is 20.1. The van der Waals surface area contributed by atoms with Crippen LogP contribution in [0.25, 0.3) is 0 Å². The van der Waals surface area contributed by atoms with E-state index in [0.29, 0.717) is 6.04 Å². The third-order valence-corrected chi connectivity index (χ3v) is 1.20. The maximum Gasteiger partial charge on any atom is 0.0221 e. The molecule has 1 N–H and O–H groups in total. The van der Waals surface area contributed by atoms with Crippen LogP contribution in [0.15, 0.2) is 12.2 Å². The van der Waals surface area contributed by atoms with Crippen LogP contribution in [-0.4, -0.2) is 12.6 Å². The van der Waals surface area contributed by atoms with E-state index >= 15 is 0 Å². The molecular formula is C8H19ClIN. The SMILES string of the molecule is CC.CC1C=CCCN1.Cl.I. The molecule has 0 aromatic heterocycles. The highest BCUT2D eigenvalue weighted by Crippen LogP contribution is 1.93. The molecule has 1 nitrogen and oxygen atoms in total. The number of halogens is 2. The van der Waals surface area contributed by atoms with Gasteiger partial charge in [0.1, 0.15) is 0 Å². The average Bonchev–Trinajstić information content (AvgIpc) is 1.94. The van der Waals surface area contributed by atoms with Gasteiger partial charge in [0.25, 0.3) is 0 Å². The minimum Gasteiger partial charge on any atom is -0.310 e. The number of nitrogens with one attached hydrogen (secondary N) is 1. The highest BCUT2D eigenvalue weighted by molar-refractivity contribution is 14.0. The molecule has 70 valence electrons. The van der Waals surface area contributed by atoms with Gasteiger partial charge in [-0.2, -0.15) is 0 Å². The van der Waals surface area contributed by atoms with Gasteiger partial charge in [-0.25, -0.2) is 0 Å². The summed E-state index contributed by atoms with van der Waals surface area (Å²) in [5, 5.41) is 3.30. The monoisotopic (exact) mass is 291 g/mol. The van der Waals surface area contributed by atoms with Crippen LogP contribution in [0.2, 0.25) is 0 Å². The lowest BCUT2D eigenvalue weighted by molar-refractivity contribution is 0.613. The molecule has 1 aliphatic heterocycles. The molecule has 1 atom stereocenters. The summed E-state index contributed by atoms with van der Waals surface area (Å²) in [6.07, 6.45) is 5.62. The summed E-state index contributed by atoms with van der Waals surface area (Å²) >= 11 is 0. The van der Waals surface area contributed by atoms with Gasteiger partial charge in [-0.3, -0.25) is 0 Å². The summed E-state index contributed by atoms with van der Waals surface area (Å²) in [4.78, 5) is 0. The van der Waals surface area contributed by atoms with Crippen LogP contribution < -0.4 is 5.32 Å². The lowest BCUT2D eigenvalue weighted by Crippen LogP contribution is -2.27. The average molecular weight is 292 g/mol. The predicted molar refractivity (Wildman–Crippen MR) is 65.2 cm³/mol. The molecule has 0 amide bonds. The Kier molecular flexibility index (Phi) is 21.4. The van der Waals surface area contributed by atoms with Crippen LogP contribution >= 0.6 is 36.4 Å². The fourth-order valence-electron chi connectivity index (χ4n) is 0.763. The molecule has 0 aromatic carbocycles. The van der Waals surface area contributed by atoms with Gasteiger partial charge in [0.2, 0.25) is 0 Å². The van der Waals surface area contributed by atoms with Crippen LogP contribution in [-0.2, 0) is 0 Å². The predicted octanol–water partition coefficient (Wildman–Crippen LogP) is 2.99. The smallest absolute Gasteiger partial charge is 0.0221 e. The zero-order chi connectivity index (χ0) is 7.11. The molecule has 0 aliphatic carbocycles. The largest absolute Gasteiger partial charge is 0.310 e. The molecule has 0 bridgehead atoms. The van der Waals surface area contributed by atoms with E-state index in [-0.39, 0.29) is 36.4 Å². The topological polar surface area (TPSA) is 12.0 Å². The van der Waals surface area contributed by atoms with E-state index in [1.807, 2.05) is 13.8 Å². The van der Waals surface area contributed by atoms with Crippen molar-refractivity contribution in [1.82, 2.24) is 5.32 Å². The van der Waals surface area contributed by atoms with Crippen molar-refractivity contribution in [3.8, 4) is 0 Å². The summed E-state index contributed by atoms with van der Waals surface area (Å²) in [5.41, 5.74) is 0. The van der Waals surface area contributed by atoms with Crippen molar-refractivity contribution in [2.45, 2.75) is 33.2 Å². The van der Waals surface area contributed by atoms with Gasteiger partial charge in [0.15, 0.2) is 0 Å². The summed E-state index contributed by atoms with van der Waals surface area (Å²) < 4.78 is 0. The first kappa shape index (κ1) is 17.7. The molecule has 0 saturated carbocycles. The fourth-order valence-corrected chi connectivity index (χ4v) is 0.763. The molecule has 3 heteroatoms. The van der Waals surface area contributed by atoms with E-state index < -0.39 is 0 Å². The Morgan fingerprint density at radius 2 is 1.91 bits per heavy atom. The number of rotatable bonds is 0. The van der Waals surface area contributed by atoms with E-state index in [1.54, 1.807) is 0 Å². The fraction of sp³-hybridized carbons (Fsp3) is 0.750. The maximum absolute atomic E-state index is 3.30. The number of hydrogen-bond acceptors (Lipinski definition) is 1. The second-order valence-corrected chi connectivity index (χ2v) is 1.96. The summed E-state index contributed by atoms with van der Waals surface area (Å²) in [6.45, 7) is 7.31. The molecule has 0 radical (unpaired) electrons. The van der Waals surface area contributed by atoms with Crippen molar-refractivity contribution in [2.24, 2.45) is 0 Å². The lowest BCUT2D eigenvalue weighted by Gasteiger charge is -2.11. The van der Waals surface area contributed by atoms with Gasteiger partial charge in [-0.1, -0.05) is 26.0 Å². The Labute approximate surface area is 93.5 Å². The van der Waals surface area contributed by atoms with Crippen LogP contribution in [0.3, 0.4) is 0 Å². The highest BCUT2D eigenvalue weighted by atomic mass is 127. The third kappa shape index (κ3) is 10.7. The molecule has 0 saturated heterocycles. The molecule has 1 unspecified atom stereocenters. The first-order valence-corrected chi connectivity index (χ1v) is 3.79. The molecule has 0 fully saturated rings. The lowest BCUT2D eigenvalue weighted by atomic mass is 10.2. The Morgan fingerprint density at radius 1 is 1.36 bits per heavy atom. The maximum atomic E-state index is 3.30. The third-order valence-electron chi connectivity index (χ3n) is 1.20. The standard InChI is InChI=1S/C6H11N.C2H6.ClH.HI/c1-6-4-2-3-5-7-6;1-2;;/h2,4,6-7H,3,5H2,1H3;1-2H3;2*1H. The summed E-state index contributed by atoms with van der Waals surface area (Å²) in [6, 6.07) is 0.605. The molecule has 0 spiro atoms. The van der Waals surface area contributed by atoms with E-state index in [2.05, 4.69) is 24.4 Å². The molecule has 11 heavy (non-hydrogen) atoms. The van der Waals surface area contributed by atoms with Gasteiger partial charge in [0.05, 0.1) is 0 Å². The first-order valence-electron chi connectivity index (χ1n) is 3.79. The van der Waals surface area contributed by atoms with Gasteiger partial charge in [0, 0.05) is 6.04 Å². The van der Waals surface area contributed by atoms with Crippen LogP contribution in [0.1, 0.15) is 27.2 Å². The quantitative estimate of drug-likeness (QED) is 0.534. The zero-order valence-corrected chi connectivity index (χ0v) is 10.6. The molecule has 1 rings (SSSR count). The van der Waals surface area contributed by atoms with Gasteiger partial charge >= 0.3 is 0 Å². The second-order valence-electron chi connectivity index (χ2n) is 1.96. The van der Waals surface area contributed by atoms with Gasteiger partial charge in [-0.05, 0) is 19.9 Å². The van der Waals surface area contributed by atoms with E-state index in [0.717, 1.165) is 6.54 Å². The van der Waals surface area contributed by atoms with E-state index in [4.69, 9.17) is 0 Å². The summed E-state index contributed by atoms with van der Waals surface area (Å²) in [5.74, 6) is 0. The van der Waals surface area contributed by atoms with Gasteiger partial charge < -0.3 is 5.32 Å². The van der Waals surface area contributed by atoms with Crippen molar-refractivity contribution >= 4 is 36.4 Å². The van der Waals surface area contributed by atoms with Crippen molar-refractivity contribution in [3.05, 3.63) is 12.2 Å². The van der Waals surface area contributed by atoms with Crippen LogP contribution in [0, 0.1) is 0 Å². The minimum absolute atomic E-state index is 0. The molecular weight excluding hydrogens is 272 g/mol. The first-order chi connectivity index (χ1) is 4.39. The molecule has 0 aromatic rings. The summed E-state index contributed by atoms with van der Waals surface area (Å²) in [7, 11) is 0. The van der Waals surface area contributed by atoms with Crippen molar-refractivity contribution in [2.75, 3.05) is 6.54 Å². The van der Waals surface area contributed by atoms with E-state index in [1.165, 1.54) is 6.42 Å². The Morgan fingerprint density at radius 3 is 2.09 bits per heavy atom. The Bertz CT molecular complexity index is 86.2. The Balaban J connectivity index is -0.000000149. The minimum atomic E-state index is 0. The second kappa shape index (κ2) is 13.3. The van der Waals surface area contributed by atoms with Crippen molar-refractivity contribution < 1.29 is 0 Å². The van der Waals surface area contributed by atoms with E-state index in [9.17, 15) is 0 Å². The Hall–Kier alpha value is 0.720. The zero-order valence-electron chi connectivity index (χ0n) is 7.46.